The summed E-state index contributed by atoms with van der Waals surface area (Å²) in [5.41, 5.74) is 2.27. The van der Waals surface area contributed by atoms with Gasteiger partial charge in [-0.2, -0.15) is 0 Å². The molecule has 1 atom stereocenters. The van der Waals surface area contributed by atoms with E-state index < -0.39 is 0 Å². The molecule has 0 spiro atoms. The van der Waals surface area contributed by atoms with Crippen LogP contribution in [0.5, 0.6) is 5.75 Å². The monoisotopic (exact) mass is 386 g/mol. The first-order valence-corrected chi connectivity index (χ1v) is 10.7. The maximum atomic E-state index is 11.5. The number of aldehydes is 1. The second kappa shape index (κ2) is 13.4. The van der Waals surface area contributed by atoms with Gasteiger partial charge < -0.3 is 9.53 Å². The van der Waals surface area contributed by atoms with Crippen LogP contribution in [0.3, 0.4) is 0 Å². The SMILES string of the molecule is O=CC(CCc1ccccc1OCCCCCCCCCl)c1ccccc1. The molecule has 1 unspecified atom stereocenters. The molecule has 0 fully saturated rings. The van der Waals surface area contributed by atoms with E-state index >= 15 is 0 Å². The first-order valence-electron chi connectivity index (χ1n) is 10.1. The fourth-order valence-electron chi connectivity index (χ4n) is 3.26. The number of alkyl halides is 1. The van der Waals surface area contributed by atoms with Gasteiger partial charge in [-0.1, -0.05) is 74.2 Å². The molecule has 2 rings (SSSR count). The second-order valence-corrected chi connectivity index (χ2v) is 7.34. The summed E-state index contributed by atoms with van der Waals surface area (Å²) in [6.07, 6.45) is 9.84. The van der Waals surface area contributed by atoms with Crippen LogP contribution in [0.4, 0.5) is 0 Å². The molecule has 146 valence electrons. The lowest BCUT2D eigenvalue weighted by Gasteiger charge is -2.14. The van der Waals surface area contributed by atoms with Crippen LogP contribution in [0.1, 0.15) is 62.0 Å². The van der Waals surface area contributed by atoms with E-state index in [0.29, 0.717) is 0 Å². The first kappa shape index (κ1) is 21.5. The Balaban J connectivity index is 1.77. The van der Waals surface area contributed by atoms with Crippen LogP contribution in [0.15, 0.2) is 54.6 Å². The lowest BCUT2D eigenvalue weighted by molar-refractivity contribution is -0.109. The number of carbonyl (C=O) groups is 1. The summed E-state index contributed by atoms with van der Waals surface area (Å²) >= 11 is 5.70. The van der Waals surface area contributed by atoms with Crippen molar-refractivity contribution in [1.29, 1.82) is 0 Å². The predicted molar refractivity (Wildman–Crippen MR) is 114 cm³/mol. The zero-order valence-corrected chi connectivity index (χ0v) is 16.9. The number of unbranched alkanes of at least 4 members (excludes halogenated alkanes) is 5. The zero-order valence-electron chi connectivity index (χ0n) is 16.1. The summed E-state index contributed by atoms with van der Waals surface area (Å²) in [4.78, 5) is 11.5. The van der Waals surface area contributed by atoms with Crippen LogP contribution in [0, 0.1) is 0 Å². The molecule has 2 aromatic carbocycles. The van der Waals surface area contributed by atoms with E-state index in [0.717, 1.165) is 55.8 Å². The van der Waals surface area contributed by atoms with Crippen LogP contribution in [0.25, 0.3) is 0 Å². The minimum atomic E-state index is -0.0627. The number of ether oxygens (including phenoxy) is 1. The summed E-state index contributed by atoms with van der Waals surface area (Å²) in [7, 11) is 0. The van der Waals surface area contributed by atoms with Crippen LogP contribution in [0.2, 0.25) is 0 Å². The highest BCUT2D eigenvalue weighted by atomic mass is 35.5. The topological polar surface area (TPSA) is 26.3 Å². The Morgan fingerprint density at radius 3 is 2.26 bits per heavy atom. The van der Waals surface area contributed by atoms with E-state index in [2.05, 4.69) is 6.07 Å². The van der Waals surface area contributed by atoms with Crippen LogP contribution >= 0.6 is 11.6 Å². The Morgan fingerprint density at radius 1 is 0.852 bits per heavy atom. The molecule has 0 aliphatic heterocycles. The van der Waals surface area contributed by atoms with Gasteiger partial charge in [0.1, 0.15) is 12.0 Å². The van der Waals surface area contributed by atoms with Crippen molar-refractivity contribution in [1.82, 2.24) is 0 Å². The number of benzene rings is 2. The molecule has 0 saturated carbocycles. The van der Waals surface area contributed by atoms with Gasteiger partial charge >= 0.3 is 0 Å². The Hall–Kier alpha value is -1.80. The van der Waals surface area contributed by atoms with Crippen molar-refractivity contribution in [3.05, 3.63) is 65.7 Å². The molecule has 3 heteroatoms. The van der Waals surface area contributed by atoms with Gasteiger partial charge in [0.15, 0.2) is 0 Å². The Morgan fingerprint density at radius 2 is 1.52 bits per heavy atom. The molecule has 0 amide bonds. The molecule has 0 saturated heterocycles. The lowest BCUT2D eigenvalue weighted by atomic mass is 9.93. The van der Waals surface area contributed by atoms with Crippen LogP contribution in [-0.2, 0) is 11.2 Å². The number of hydrogen-bond acceptors (Lipinski definition) is 2. The number of aryl methyl sites for hydroxylation is 1. The molecule has 0 heterocycles. The van der Waals surface area contributed by atoms with Crippen molar-refractivity contribution in [3.8, 4) is 5.75 Å². The van der Waals surface area contributed by atoms with Gasteiger partial charge in [-0.15, -0.1) is 11.6 Å². The highest BCUT2D eigenvalue weighted by Gasteiger charge is 2.12. The van der Waals surface area contributed by atoms with Crippen LogP contribution in [-0.4, -0.2) is 18.8 Å². The summed E-state index contributed by atoms with van der Waals surface area (Å²) in [5, 5.41) is 0. The molecule has 0 bridgehead atoms. The lowest BCUT2D eigenvalue weighted by Crippen LogP contribution is -2.04. The molecule has 0 N–H and O–H groups in total. The third kappa shape index (κ3) is 8.17. The quantitative estimate of drug-likeness (QED) is 0.209. The van der Waals surface area contributed by atoms with Gasteiger partial charge in [0.05, 0.1) is 6.61 Å². The molecule has 0 radical (unpaired) electrons. The van der Waals surface area contributed by atoms with Crippen molar-refractivity contribution >= 4 is 17.9 Å². The fourth-order valence-corrected chi connectivity index (χ4v) is 3.45. The van der Waals surface area contributed by atoms with Gasteiger partial charge in [0.2, 0.25) is 0 Å². The number of halogens is 1. The highest BCUT2D eigenvalue weighted by Crippen LogP contribution is 2.25. The van der Waals surface area contributed by atoms with Gasteiger partial charge in [0.25, 0.3) is 0 Å². The normalized spacial score (nSPS) is 11.9. The Bertz CT molecular complexity index is 642. The standard InChI is InChI=1S/C24H31ClO2/c25-18-10-3-1-2-4-11-19-27-24-15-9-8-14-22(24)16-17-23(20-26)21-12-6-5-7-13-21/h5-9,12-15,20,23H,1-4,10-11,16-19H2. The number of para-hydroxylation sites is 1. The summed E-state index contributed by atoms with van der Waals surface area (Å²) in [5.74, 6) is 1.67. The molecule has 0 aliphatic rings. The van der Waals surface area contributed by atoms with E-state index in [1.165, 1.54) is 31.2 Å². The third-order valence-corrected chi connectivity index (χ3v) is 5.14. The van der Waals surface area contributed by atoms with E-state index in [1.807, 2.05) is 48.5 Å². The summed E-state index contributed by atoms with van der Waals surface area (Å²) in [6.45, 7) is 0.752. The van der Waals surface area contributed by atoms with Crippen LogP contribution < -0.4 is 4.74 Å². The van der Waals surface area contributed by atoms with E-state index in [-0.39, 0.29) is 5.92 Å². The van der Waals surface area contributed by atoms with E-state index in [4.69, 9.17) is 16.3 Å². The van der Waals surface area contributed by atoms with Crippen molar-refractivity contribution in [2.75, 3.05) is 12.5 Å². The zero-order chi connectivity index (χ0) is 19.2. The van der Waals surface area contributed by atoms with E-state index in [9.17, 15) is 4.79 Å². The maximum Gasteiger partial charge on any atom is 0.127 e. The molecule has 2 nitrogen and oxygen atoms in total. The minimum absolute atomic E-state index is 0.0627. The predicted octanol–water partition coefficient (Wildman–Crippen LogP) is 6.56. The summed E-state index contributed by atoms with van der Waals surface area (Å²) < 4.78 is 6.03. The first-order chi connectivity index (χ1) is 13.3. The van der Waals surface area contributed by atoms with Gasteiger partial charge in [-0.3, -0.25) is 0 Å². The van der Waals surface area contributed by atoms with Crippen molar-refractivity contribution in [3.63, 3.8) is 0 Å². The van der Waals surface area contributed by atoms with Gasteiger partial charge in [-0.05, 0) is 42.9 Å². The molecule has 0 aromatic heterocycles. The number of carbonyl (C=O) groups excluding carboxylic acids is 1. The van der Waals surface area contributed by atoms with Gasteiger partial charge in [-0.25, -0.2) is 0 Å². The second-order valence-electron chi connectivity index (χ2n) is 6.96. The Labute approximate surface area is 168 Å². The van der Waals surface area contributed by atoms with Crippen molar-refractivity contribution in [2.45, 2.75) is 57.3 Å². The Kier molecular flexibility index (Phi) is 10.7. The summed E-state index contributed by atoms with van der Waals surface area (Å²) in [6, 6.07) is 18.2. The van der Waals surface area contributed by atoms with Gasteiger partial charge in [0, 0.05) is 11.8 Å². The van der Waals surface area contributed by atoms with E-state index in [1.54, 1.807) is 0 Å². The maximum absolute atomic E-state index is 11.5. The number of hydrogen-bond donors (Lipinski definition) is 0. The molecule has 0 aliphatic carbocycles. The average Bonchev–Trinajstić information content (AvgIpc) is 2.72. The highest BCUT2D eigenvalue weighted by molar-refractivity contribution is 6.17. The molecule has 27 heavy (non-hydrogen) atoms. The largest absolute Gasteiger partial charge is 0.493 e. The minimum Gasteiger partial charge on any atom is -0.493 e. The smallest absolute Gasteiger partial charge is 0.127 e. The average molecular weight is 387 g/mol. The fraction of sp³-hybridized carbons (Fsp3) is 0.458. The molecule has 2 aromatic rings. The molecular formula is C24H31ClO2. The number of rotatable bonds is 14. The van der Waals surface area contributed by atoms with Crippen molar-refractivity contribution < 1.29 is 9.53 Å². The third-order valence-electron chi connectivity index (χ3n) is 4.87. The molecular weight excluding hydrogens is 356 g/mol. The van der Waals surface area contributed by atoms with Crippen molar-refractivity contribution in [2.24, 2.45) is 0 Å².